The lowest BCUT2D eigenvalue weighted by atomic mass is 9.95. The van der Waals surface area contributed by atoms with Crippen LogP contribution in [0, 0.1) is 0 Å². The number of imidazole rings is 1. The van der Waals surface area contributed by atoms with Crippen molar-refractivity contribution in [3.05, 3.63) is 53.0 Å². The number of rotatable bonds is 3. The Bertz CT molecular complexity index is 1080. The second kappa shape index (κ2) is 6.71. The summed E-state index contributed by atoms with van der Waals surface area (Å²) in [6.07, 6.45) is 6.47. The van der Waals surface area contributed by atoms with Crippen LogP contribution in [-0.4, -0.2) is 15.4 Å². The van der Waals surface area contributed by atoms with Crippen molar-refractivity contribution in [2.45, 2.75) is 38.1 Å². The third-order valence-electron chi connectivity index (χ3n) is 5.23. The van der Waals surface area contributed by atoms with Crippen molar-refractivity contribution in [3.8, 4) is 11.3 Å². The fourth-order valence-corrected chi connectivity index (χ4v) is 5.43. The van der Waals surface area contributed by atoms with Gasteiger partial charge in [-0.05, 0) is 31.0 Å². The van der Waals surface area contributed by atoms with E-state index in [-0.39, 0.29) is 0 Å². The molecule has 5 heteroatoms. The Balaban J connectivity index is 1.73. The second-order valence-electron chi connectivity index (χ2n) is 6.96. The van der Waals surface area contributed by atoms with Gasteiger partial charge in [0.1, 0.15) is 11.5 Å². The zero-order valence-corrected chi connectivity index (χ0v) is 16.8. The van der Waals surface area contributed by atoms with E-state index in [1.54, 1.807) is 11.3 Å². The number of para-hydroxylation sites is 1. The summed E-state index contributed by atoms with van der Waals surface area (Å²) in [6.45, 7) is 0. The number of anilines is 1. The van der Waals surface area contributed by atoms with Crippen molar-refractivity contribution >= 4 is 48.3 Å². The molecule has 3 nitrogen and oxygen atoms in total. The number of nitrogens with one attached hydrogen (secondary N) is 1. The summed E-state index contributed by atoms with van der Waals surface area (Å²) in [5.41, 5.74) is 3.42. The molecule has 4 aromatic rings. The van der Waals surface area contributed by atoms with E-state index in [9.17, 15) is 0 Å². The minimum absolute atomic E-state index is 0.531. The lowest BCUT2D eigenvalue weighted by molar-refractivity contribution is 0.462. The molecule has 0 spiro atoms. The minimum Gasteiger partial charge on any atom is -0.367 e. The van der Waals surface area contributed by atoms with Crippen molar-refractivity contribution in [2.24, 2.45) is 0 Å². The average molecular weight is 426 g/mol. The van der Waals surface area contributed by atoms with Gasteiger partial charge in [0, 0.05) is 16.1 Å². The molecule has 2 heterocycles. The maximum Gasteiger partial charge on any atom is 0.197 e. The SMILES string of the molecule is Brc1ccccc1-c1nc2sc3ccccc3n2c1NC1CCCCC1. The van der Waals surface area contributed by atoms with E-state index in [0.29, 0.717) is 6.04 Å². The lowest BCUT2D eigenvalue weighted by Crippen LogP contribution is -2.23. The standard InChI is InChI=1S/C21H20BrN3S/c22-16-11-5-4-10-15(16)19-20(23-14-8-2-1-3-9-14)25-17-12-6-7-13-18(17)26-21(25)24-19/h4-7,10-14,23H,1-3,8-9H2. The number of nitrogens with zero attached hydrogens (tertiary/aromatic N) is 2. The molecule has 1 fully saturated rings. The Morgan fingerprint density at radius 3 is 2.62 bits per heavy atom. The van der Waals surface area contributed by atoms with E-state index >= 15 is 0 Å². The van der Waals surface area contributed by atoms with Crippen LogP contribution in [0.4, 0.5) is 5.82 Å². The largest absolute Gasteiger partial charge is 0.367 e. The van der Waals surface area contributed by atoms with Crippen LogP contribution in [0.5, 0.6) is 0 Å². The van der Waals surface area contributed by atoms with E-state index in [4.69, 9.17) is 4.98 Å². The Labute approximate surface area is 165 Å². The van der Waals surface area contributed by atoms with Crippen LogP contribution < -0.4 is 5.32 Å². The van der Waals surface area contributed by atoms with Crippen molar-refractivity contribution in [3.63, 3.8) is 0 Å². The number of fused-ring (bicyclic) bond motifs is 3. The summed E-state index contributed by atoms with van der Waals surface area (Å²) >= 11 is 5.47. The molecule has 1 N–H and O–H groups in total. The summed E-state index contributed by atoms with van der Waals surface area (Å²) in [4.78, 5) is 6.09. The van der Waals surface area contributed by atoms with Crippen LogP contribution in [0.3, 0.4) is 0 Å². The Hall–Kier alpha value is -1.85. The fourth-order valence-electron chi connectivity index (χ4n) is 3.93. The highest BCUT2D eigenvalue weighted by atomic mass is 79.9. The van der Waals surface area contributed by atoms with Crippen LogP contribution in [-0.2, 0) is 0 Å². The zero-order valence-electron chi connectivity index (χ0n) is 14.4. The molecule has 0 aliphatic heterocycles. The molecule has 1 saturated carbocycles. The van der Waals surface area contributed by atoms with Gasteiger partial charge in [-0.3, -0.25) is 4.40 Å². The molecule has 0 radical (unpaired) electrons. The first-order valence-electron chi connectivity index (χ1n) is 9.23. The Kier molecular flexibility index (Phi) is 4.21. The molecule has 2 aromatic heterocycles. The van der Waals surface area contributed by atoms with Gasteiger partial charge in [-0.25, -0.2) is 4.98 Å². The summed E-state index contributed by atoms with van der Waals surface area (Å²) in [6, 6.07) is 17.5. The van der Waals surface area contributed by atoms with Gasteiger partial charge in [-0.15, -0.1) is 0 Å². The number of halogens is 1. The average Bonchev–Trinajstić information content (AvgIpc) is 3.20. The molecule has 0 unspecified atom stereocenters. The number of aromatic nitrogens is 2. The number of thiazole rings is 1. The van der Waals surface area contributed by atoms with Gasteiger partial charge in [-0.1, -0.05) is 76.9 Å². The third-order valence-corrected chi connectivity index (χ3v) is 6.94. The number of hydrogen-bond donors (Lipinski definition) is 1. The molecule has 1 aliphatic rings. The first-order chi connectivity index (χ1) is 12.8. The summed E-state index contributed by atoms with van der Waals surface area (Å²) in [5.74, 6) is 1.14. The third kappa shape index (κ3) is 2.74. The van der Waals surface area contributed by atoms with E-state index in [0.717, 1.165) is 26.5 Å². The van der Waals surface area contributed by atoms with E-state index in [2.05, 4.69) is 74.2 Å². The molecular formula is C21H20BrN3S. The van der Waals surface area contributed by atoms with Gasteiger partial charge in [-0.2, -0.15) is 0 Å². The number of hydrogen-bond acceptors (Lipinski definition) is 3. The van der Waals surface area contributed by atoms with Crippen LogP contribution in [0.1, 0.15) is 32.1 Å². The van der Waals surface area contributed by atoms with E-state index < -0.39 is 0 Å². The topological polar surface area (TPSA) is 29.3 Å². The predicted molar refractivity (Wildman–Crippen MR) is 114 cm³/mol. The van der Waals surface area contributed by atoms with E-state index in [1.807, 2.05) is 0 Å². The van der Waals surface area contributed by atoms with Crippen molar-refractivity contribution in [2.75, 3.05) is 5.32 Å². The molecule has 0 amide bonds. The summed E-state index contributed by atoms with van der Waals surface area (Å²) in [5, 5.41) is 3.86. The molecule has 1 aliphatic carbocycles. The van der Waals surface area contributed by atoms with Crippen molar-refractivity contribution in [1.82, 2.24) is 9.38 Å². The normalized spacial score (nSPS) is 15.7. The van der Waals surface area contributed by atoms with Gasteiger partial charge in [0.2, 0.25) is 0 Å². The quantitative estimate of drug-likeness (QED) is 0.394. The summed E-state index contributed by atoms with van der Waals surface area (Å²) < 4.78 is 4.67. The molecule has 26 heavy (non-hydrogen) atoms. The highest BCUT2D eigenvalue weighted by Gasteiger charge is 2.22. The van der Waals surface area contributed by atoms with Crippen LogP contribution >= 0.6 is 27.3 Å². The van der Waals surface area contributed by atoms with Gasteiger partial charge in [0.25, 0.3) is 0 Å². The lowest BCUT2D eigenvalue weighted by Gasteiger charge is -2.24. The number of benzene rings is 2. The fraction of sp³-hybridized carbons (Fsp3) is 0.286. The van der Waals surface area contributed by atoms with E-state index in [1.165, 1.54) is 42.3 Å². The van der Waals surface area contributed by atoms with Gasteiger partial charge >= 0.3 is 0 Å². The molecule has 5 rings (SSSR count). The second-order valence-corrected chi connectivity index (χ2v) is 8.82. The van der Waals surface area contributed by atoms with Gasteiger partial charge in [0.15, 0.2) is 4.96 Å². The Morgan fingerprint density at radius 1 is 1.00 bits per heavy atom. The first kappa shape index (κ1) is 16.3. The molecular weight excluding hydrogens is 406 g/mol. The highest BCUT2D eigenvalue weighted by Crippen LogP contribution is 2.39. The van der Waals surface area contributed by atoms with Crippen LogP contribution in [0.15, 0.2) is 53.0 Å². The predicted octanol–water partition coefficient (Wildman–Crippen LogP) is 6.72. The minimum atomic E-state index is 0.531. The van der Waals surface area contributed by atoms with Crippen LogP contribution in [0.25, 0.3) is 26.4 Å². The van der Waals surface area contributed by atoms with Crippen LogP contribution in [0.2, 0.25) is 0 Å². The van der Waals surface area contributed by atoms with Gasteiger partial charge < -0.3 is 5.32 Å². The van der Waals surface area contributed by atoms with Crippen molar-refractivity contribution < 1.29 is 0 Å². The maximum atomic E-state index is 5.04. The highest BCUT2D eigenvalue weighted by molar-refractivity contribution is 9.10. The van der Waals surface area contributed by atoms with Gasteiger partial charge in [0.05, 0.1) is 10.2 Å². The van der Waals surface area contributed by atoms with Crippen molar-refractivity contribution in [1.29, 1.82) is 0 Å². The smallest absolute Gasteiger partial charge is 0.197 e. The summed E-state index contributed by atoms with van der Waals surface area (Å²) in [7, 11) is 0. The maximum absolute atomic E-state index is 5.04. The Morgan fingerprint density at radius 2 is 1.77 bits per heavy atom. The molecule has 0 atom stereocenters. The zero-order chi connectivity index (χ0) is 17.5. The first-order valence-corrected chi connectivity index (χ1v) is 10.8. The molecule has 132 valence electrons. The molecule has 2 aromatic carbocycles. The molecule has 0 saturated heterocycles. The monoisotopic (exact) mass is 425 g/mol. The molecule has 0 bridgehead atoms.